The van der Waals surface area contributed by atoms with Crippen molar-refractivity contribution in [2.45, 2.75) is 31.9 Å². The maximum atomic E-state index is 13.1. The molecule has 0 saturated carbocycles. The SMILES string of the molecule is O=C(CN1CCCCC1)N[C@@H](COCc1ccccc1)C(=O)Nc1ccc(Oc2ccc(F)cc2)cc1. The molecule has 0 aromatic heterocycles. The lowest BCUT2D eigenvalue weighted by molar-refractivity contribution is -0.128. The third-order valence-corrected chi connectivity index (χ3v) is 6.03. The Morgan fingerprint density at radius 3 is 2.19 bits per heavy atom. The van der Waals surface area contributed by atoms with Crippen molar-refractivity contribution in [2.24, 2.45) is 0 Å². The summed E-state index contributed by atoms with van der Waals surface area (Å²) in [5.74, 6) is 0.142. The van der Waals surface area contributed by atoms with E-state index in [0.29, 0.717) is 23.8 Å². The number of halogens is 1. The molecule has 2 N–H and O–H groups in total. The third kappa shape index (κ3) is 8.70. The summed E-state index contributed by atoms with van der Waals surface area (Å²) >= 11 is 0. The second kappa shape index (κ2) is 13.5. The molecule has 4 rings (SSSR count). The number of carbonyl (C=O) groups excluding carboxylic acids is 2. The van der Waals surface area contributed by atoms with Crippen molar-refractivity contribution >= 4 is 17.5 Å². The van der Waals surface area contributed by atoms with Crippen LogP contribution in [0.15, 0.2) is 78.9 Å². The van der Waals surface area contributed by atoms with Crippen LogP contribution in [0.5, 0.6) is 11.5 Å². The highest BCUT2D eigenvalue weighted by Gasteiger charge is 2.23. The van der Waals surface area contributed by atoms with Gasteiger partial charge < -0.3 is 20.1 Å². The molecular weight excluding hydrogens is 473 g/mol. The van der Waals surface area contributed by atoms with E-state index in [0.717, 1.165) is 31.5 Å². The number of piperidine rings is 1. The number of rotatable bonds is 11. The molecule has 2 amide bonds. The number of hydrogen-bond donors (Lipinski definition) is 2. The molecule has 1 fully saturated rings. The zero-order chi connectivity index (χ0) is 25.9. The van der Waals surface area contributed by atoms with Gasteiger partial charge in [-0.05, 0) is 80.0 Å². The fourth-order valence-electron chi connectivity index (χ4n) is 4.09. The first-order valence-corrected chi connectivity index (χ1v) is 12.5. The van der Waals surface area contributed by atoms with Gasteiger partial charge in [0.1, 0.15) is 23.4 Å². The molecule has 3 aromatic carbocycles. The first kappa shape index (κ1) is 26.3. The van der Waals surface area contributed by atoms with E-state index in [9.17, 15) is 14.0 Å². The van der Waals surface area contributed by atoms with Crippen LogP contribution in [0.3, 0.4) is 0 Å². The number of ether oxygens (including phenoxy) is 2. The van der Waals surface area contributed by atoms with E-state index in [1.165, 1.54) is 30.7 Å². The highest BCUT2D eigenvalue weighted by Crippen LogP contribution is 2.23. The van der Waals surface area contributed by atoms with Gasteiger partial charge in [0, 0.05) is 5.69 Å². The van der Waals surface area contributed by atoms with Crippen molar-refractivity contribution in [3.05, 3.63) is 90.2 Å². The van der Waals surface area contributed by atoms with Gasteiger partial charge in [0.2, 0.25) is 11.8 Å². The number of benzene rings is 3. The lowest BCUT2D eigenvalue weighted by Crippen LogP contribution is -2.50. The van der Waals surface area contributed by atoms with Crippen LogP contribution in [0.2, 0.25) is 0 Å². The van der Waals surface area contributed by atoms with Crippen molar-refractivity contribution < 1.29 is 23.5 Å². The first-order valence-electron chi connectivity index (χ1n) is 12.5. The molecule has 0 radical (unpaired) electrons. The van der Waals surface area contributed by atoms with Crippen LogP contribution in [0, 0.1) is 5.82 Å². The molecule has 194 valence electrons. The van der Waals surface area contributed by atoms with Crippen molar-refractivity contribution in [1.82, 2.24) is 10.2 Å². The minimum Gasteiger partial charge on any atom is -0.457 e. The molecule has 3 aromatic rings. The van der Waals surface area contributed by atoms with E-state index < -0.39 is 6.04 Å². The standard InChI is InChI=1S/C29H32FN3O4/c30-23-9-13-25(14-10-23)37-26-15-11-24(12-16-26)31-29(35)27(21-36-20-22-7-3-1-4-8-22)32-28(34)19-33-17-5-2-6-18-33/h1,3-4,7-16,27H,2,5-6,17-21H2,(H,31,35)(H,32,34)/t27-/m0/s1. The Morgan fingerprint density at radius 2 is 1.51 bits per heavy atom. The van der Waals surface area contributed by atoms with Crippen LogP contribution in [0.25, 0.3) is 0 Å². The number of nitrogens with one attached hydrogen (secondary N) is 2. The Balaban J connectivity index is 1.34. The molecule has 1 atom stereocenters. The van der Waals surface area contributed by atoms with E-state index in [1.54, 1.807) is 24.3 Å². The average molecular weight is 506 g/mol. The van der Waals surface area contributed by atoms with Crippen LogP contribution in [-0.4, -0.2) is 49.0 Å². The number of carbonyl (C=O) groups is 2. The molecule has 7 nitrogen and oxygen atoms in total. The maximum Gasteiger partial charge on any atom is 0.249 e. The Bertz CT molecular complexity index is 1130. The van der Waals surface area contributed by atoms with Gasteiger partial charge in [-0.3, -0.25) is 14.5 Å². The van der Waals surface area contributed by atoms with Gasteiger partial charge in [-0.25, -0.2) is 4.39 Å². The molecule has 1 aliphatic rings. The second-order valence-electron chi connectivity index (χ2n) is 9.03. The normalized spacial score (nSPS) is 14.5. The Labute approximate surface area is 216 Å². The number of anilines is 1. The summed E-state index contributed by atoms with van der Waals surface area (Å²) in [6.45, 7) is 2.42. The summed E-state index contributed by atoms with van der Waals surface area (Å²) < 4.78 is 24.6. The third-order valence-electron chi connectivity index (χ3n) is 6.03. The minimum absolute atomic E-state index is 0.0399. The van der Waals surface area contributed by atoms with Crippen LogP contribution in [0.4, 0.5) is 10.1 Å². The fraction of sp³-hybridized carbons (Fsp3) is 0.310. The zero-order valence-electron chi connectivity index (χ0n) is 20.7. The van der Waals surface area contributed by atoms with E-state index in [1.807, 2.05) is 30.3 Å². The summed E-state index contributed by atoms with van der Waals surface area (Å²) in [6, 6.07) is 21.3. The zero-order valence-corrected chi connectivity index (χ0v) is 20.7. The van der Waals surface area contributed by atoms with E-state index >= 15 is 0 Å². The molecule has 1 aliphatic heterocycles. The molecule has 0 unspecified atom stereocenters. The van der Waals surface area contributed by atoms with E-state index in [2.05, 4.69) is 15.5 Å². The van der Waals surface area contributed by atoms with Gasteiger partial charge in [-0.15, -0.1) is 0 Å². The number of amides is 2. The van der Waals surface area contributed by atoms with Crippen LogP contribution < -0.4 is 15.4 Å². The minimum atomic E-state index is -0.851. The predicted octanol–water partition coefficient (Wildman–Crippen LogP) is 4.74. The summed E-state index contributed by atoms with van der Waals surface area (Å²) in [5.41, 5.74) is 1.54. The summed E-state index contributed by atoms with van der Waals surface area (Å²) in [7, 11) is 0. The largest absolute Gasteiger partial charge is 0.457 e. The molecular formula is C29H32FN3O4. The van der Waals surface area contributed by atoms with E-state index in [-0.39, 0.29) is 30.8 Å². The van der Waals surface area contributed by atoms with Gasteiger partial charge in [-0.2, -0.15) is 0 Å². The first-order chi connectivity index (χ1) is 18.0. The quantitative estimate of drug-likeness (QED) is 0.393. The Kier molecular flexibility index (Phi) is 9.62. The van der Waals surface area contributed by atoms with Crippen molar-refractivity contribution in [2.75, 3.05) is 31.6 Å². The molecule has 1 saturated heterocycles. The van der Waals surface area contributed by atoms with Gasteiger partial charge >= 0.3 is 0 Å². The Morgan fingerprint density at radius 1 is 0.865 bits per heavy atom. The monoisotopic (exact) mass is 505 g/mol. The maximum absolute atomic E-state index is 13.1. The molecule has 0 bridgehead atoms. The molecule has 1 heterocycles. The summed E-state index contributed by atoms with van der Waals surface area (Å²) in [4.78, 5) is 27.9. The lowest BCUT2D eigenvalue weighted by Gasteiger charge is -2.26. The highest BCUT2D eigenvalue weighted by molar-refractivity contribution is 5.97. The van der Waals surface area contributed by atoms with Crippen LogP contribution in [-0.2, 0) is 20.9 Å². The van der Waals surface area contributed by atoms with Gasteiger partial charge in [0.25, 0.3) is 0 Å². The van der Waals surface area contributed by atoms with Crippen molar-refractivity contribution in [3.63, 3.8) is 0 Å². The molecule has 8 heteroatoms. The van der Waals surface area contributed by atoms with Crippen molar-refractivity contribution in [3.8, 4) is 11.5 Å². The number of nitrogens with zero attached hydrogens (tertiary/aromatic N) is 1. The topological polar surface area (TPSA) is 79.9 Å². The van der Waals surface area contributed by atoms with Crippen molar-refractivity contribution in [1.29, 1.82) is 0 Å². The van der Waals surface area contributed by atoms with Gasteiger partial charge in [0.15, 0.2) is 0 Å². The van der Waals surface area contributed by atoms with E-state index in [4.69, 9.17) is 9.47 Å². The number of likely N-dealkylation sites (tertiary alicyclic amines) is 1. The summed E-state index contributed by atoms with van der Waals surface area (Å²) in [5, 5.41) is 5.69. The molecule has 0 aliphatic carbocycles. The predicted molar refractivity (Wildman–Crippen MR) is 140 cm³/mol. The van der Waals surface area contributed by atoms with Gasteiger partial charge in [-0.1, -0.05) is 36.8 Å². The average Bonchev–Trinajstić information content (AvgIpc) is 2.91. The van der Waals surface area contributed by atoms with Crippen LogP contribution in [0.1, 0.15) is 24.8 Å². The van der Waals surface area contributed by atoms with Gasteiger partial charge in [0.05, 0.1) is 19.8 Å². The molecule has 0 spiro atoms. The highest BCUT2D eigenvalue weighted by atomic mass is 19.1. The Hall–Kier alpha value is -3.75. The van der Waals surface area contributed by atoms with Crippen LogP contribution >= 0.6 is 0 Å². The number of hydrogen-bond acceptors (Lipinski definition) is 5. The summed E-state index contributed by atoms with van der Waals surface area (Å²) in [6.07, 6.45) is 3.35. The smallest absolute Gasteiger partial charge is 0.249 e. The lowest BCUT2D eigenvalue weighted by atomic mass is 10.1. The molecule has 37 heavy (non-hydrogen) atoms. The fourth-order valence-corrected chi connectivity index (χ4v) is 4.09. The second-order valence-corrected chi connectivity index (χ2v) is 9.03.